The lowest BCUT2D eigenvalue weighted by Gasteiger charge is -2.18. The van der Waals surface area contributed by atoms with E-state index in [2.05, 4.69) is 42.8 Å². The molecule has 9 heteroatoms. The van der Waals surface area contributed by atoms with Crippen molar-refractivity contribution in [2.45, 2.75) is 26.0 Å². The molecule has 1 unspecified atom stereocenters. The first-order valence-corrected chi connectivity index (χ1v) is 9.80. The molecule has 5 rings (SSSR count). The van der Waals surface area contributed by atoms with Crippen LogP contribution in [-0.4, -0.2) is 36.4 Å². The van der Waals surface area contributed by atoms with E-state index in [0.29, 0.717) is 28.4 Å². The van der Waals surface area contributed by atoms with E-state index >= 15 is 0 Å². The highest BCUT2D eigenvalue weighted by Crippen LogP contribution is 2.22. The molecular weight excluding hydrogens is 382 g/mol. The van der Waals surface area contributed by atoms with Gasteiger partial charge in [0.15, 0.2) is 5.65 Å². The molecule has 152 valence electrons. The van der Waals surface area contributed by atoms with E-state index in [1.54, 1.807) is 29.9 Å². The standard InChI is InChI=1S/C21H21N7O2/c1-12(29)18-9-16(5-7-23-18)28-19-17(20(30)27-28)11-24-21(26-19)25-15-3-2-14-10-22-6-4-13(14)8-15/h2-3,5,7-9,11-12,22,29H,4,6,10H2,1H3,(H,27,30)(H,24,25,26). The smallest absolute Gasteiger partial charge is 0.275 e. The molecule has 0 bridgehead atoms. The Balaban J connectivity index is 1.53. The van der Waals surface area contributed by atoms with Gasteiger partial charge >= 0.3 is 0 Å². The van der Waals surface area contributed by atoms with Gasteiger partial charge in [-0.3, -0.25) is 14.9 Å². The first-order chi connectivity index (χ1) is 14.6. The lowest BCUT2D eigenvalue weighted by molar-refractivity contribution is 0.194. The minimum Gasteiger partial charge on any atom is -0.387 e. The van der Waals surface area contributed by atoms with E-state index < -0.39 is 6.10 Å². The van der Waals surface area contributed by atoms with Gasteiger partial charge in [0.25, 0.3) is 5.56 Å². The van der Waals surface area contributed by atoms with Crippen LogP contribution >= 0.6 is 0 Å². The zero-order valence-corrected chi connectivity index (χ0v) is 16.4. The fourth-order valence-corrected chi connectivity index (χ4v) is 3.65. The van der Waals surface area contributed by atoms with E-state index in [-0.39, 0.29) is 5.56 Å². The number of nitrogens with one attached hydrogen (secondary N) is 3. The molecule has 0 saturated carbocycles. The topological polar surface area (TPSA) is 121 Å². The van der Waals surface area contributed by atoms with Gasteiger partial charge in [0.2, 0.25) is 5.95 Å². The van der Waals surface area contributed by atoms with Crippen molar-refractivity contribution < 1.29 is 5.11 Å². The zero-order valence-electron chi connectivity index (χ0n) is 16.4. The number of hydrogen-bond acceptors (Lipinski definition) is 7. The highest BCUT2D eigenvalue weighted by molar-refractivity contribution is 5.77. The van der Waals surface area contributed by atoms with Crippen molar-refractivity contribution in [1.82, 2.24) is 30.0 Å². The van der Waals surface area contributed by atoms with Crippen LogP contribution in [0.4, 0.5) is 11.6 Å². The quantitative estimate of drug-likeness (QED) is 0.411. The third-order valence-corrected chi connectivity index (χ3v) is 5.24. The van der Waals surface area contributed by atoms with Crippen molar-refractivity contribution in [3.8, 4) is 5.69 Å². The predicted octanol–water partition coefficient (Wildman–Crippen LogP) is 1.95. The number of benzene rings is 1. The second-order valence-corrected chi connectivity index (χ2v) is 7.36. The number of aliphatic hydroxyl groups is 1. The number of hydrogen-bond donors (Lipinski definition) is 4. The maximum Gasteiger partial charge on any atom is 0.275 e. The van der Waals surface area contributed by atoms with Crippen LogP contribution < -0.4 is 16.2 Å². The number of aliphatic hydroxyl groups excluding tert-OH is 1. The Morgan fingerprint density at radius 2 is 2.10 bits per heavy atom. The molecule has 0 aliphatic carbocycles. The Kier molecular flexibility index (Phi) is 4.53. The Morgan fingerprint density at radius 3 is 2.97 bits per heavy atom. The van der Waals surface area contributed by atoms with Crippen LogP contribution in [0.15, 0.2) is 47.5 Å². The summed E-state index contributed by atoms with van der Waals surface area (Å²) in [6, 6.07) is 9.68. The molecule has 0 amide bonds. The monoisotopic (exact) mass is 403 g/mol. The summed E-state index contributed by atoms with van der Waals surface area (Å²) in [6.07, 6.45) is 3.36. The van der Waals surface area contributed by atoms with Gasteiger partial charge in [-0.15, -0.1) is 0 Å². The molecule has 1 atom stereocenters. The van der Waals surface area contributed by atoms with Gasteiger partial charge in [-0.2, -0.15) is 4.98 Å². The van der Waals surface area contributed by atoms with Crippen LogP contribution in [0.1, 0.15) is 29.8 Å². The van der Waals surface area contributed by atoms with Crippen molar-refractivity contribution in [2.75, 3.05) is 11.9 Å². The van der Waals surface area contributed by atoms with Crippen LogP contribution in [0, 0.1) is 0 Å². The largest absolute Gasteiger partial charge is 0.387 e. The number of rotatable bonds is 4. The lowest BCUT2D eigenvalue weighted by atomic mass is 10.0. The number of aromatic amines is 1. The summed E-state index contributed by atoms with van der Waals surface area (Å²) >= 11 is 0. The molecule has 1 aromatic carbocycles. The van der Waals surface area contributed by atoms with E-state index in [9.17, 15) is 9.90 Å². The van der Waals surface area contributed by atoms with E-state index in [4.69, 9.17) is 0 Å². The highest BCUT2D eigenvalue weighted by Gasteiger charge is 2.14. The molecule has 4 N–H and O–H groups in total. The van der Waals surface area contributed by atoms with Crippen molar-refractivity contribution in [3.05, 3.63) is 69.9 Å². The predicted molar refractivity (Wildman–Crippen MR) is 113 cm³/mol. The zero-order chi connectivity index (χ0) is 20.7. The molecule has 4 heterocycles. The summed E-state index contributed by atoms with van der Waals surface area (Å²) < 4.78 is 1.58. The van der Waals surface area contributed by atoms with Gasteiger partial charge in [-0.1, -0.05) is 6.07 Å². The Bertz CT molecular complexity index is 1290. The maximum atomic E-state index is 12.4. The summed E-state index contributed by atoms with van der Waals surface area (Å²) in [6.45, 7) is 3.49. The van der Waals surface area contributed by atoms with E-state index in [1.165, 1.54) is 17.3 Å². The van der Waals surface area contributed by atoms with Crippen molar-refractivity contribution in [1.29, 1.82) is 0 Å². The second kappa shape index (κ2) is 7.36. The fourth-order valence-electron chi connectivity index (χ4n) is 3.65. The summed E-state index contributed by atoms with van der Waals surface area (Å²) in [5, 5.41) is 19.6. The van der Waals surface area contributed by atoms with Crippen molar-refractivity contribution in [2.24, 2.45) is 0 Å². The number of pyridine rings is 1. The molecule has 1 aliphatic heterocycles. The Hall–Kier alpha value is -3.56. The summed E-state index contributed by atoms with van der Waals surface area (Å²) in [5.41, 5.74) is 4.83. The van der Waals surface area contributed by atoms with Gasteiger partial charge in [0.05, 0.1) is 17.5 Å². The van der Waals surface area contributed by atoms with Gasteiger partial charge in [-0.25, -0.2) is 9.67 Å². The Morgan fingerprint density at radius 1 is 1.20 bits per heavy atom. The van der Waals surface area contributed by atoms with Crippen molar-refractivity contribution in [3.63, 3.8) is 0 Å². The summed E-state index contributed by atoms with van der Waals surface area (Å²) in [4.78, 5) is 25.4. The van der Waals surface area contributed by atoms with Crippen LogP contribution in [0.3, 0.4) is 0 Å². The third kappa shape index (κ3) is 3.34. The van der Waals surface area contributed by atoms with Gasteiger partial charge < -0.3 is 15.7 Å². The van der Waals surface area contributed by atoms with Gasteiger partial charge in [0.1, 0.15) is 5.39 Å². The number of fused-ring (bicyclic) bond motifs is 2. The maximum absolute atomic E-state index is 12.4. The first kappa shape index (κ1) is 18.5. The normalized spacial score (nSPS) is 14.5. The van der Waals surface area contributed by atoms with Crippen molar-refractivity contribution >= 4 is 22.7 Å². The number of anilines is 2. The molecular formula is C21H21N7O2. The minimum absolute atomic E-state index is 0.284. The molecule has 0 radical (unpaired) electrons. The number of nitrogens with zero attached hydrogens (tertiary/aromatic N) is 4. The second-order valence-electron chi connectivity index (χ2n) is 7.36. The molecule has 9 nitrogen and oxygen atoms in total. The summed E-state index contributed by atoms with van der Waals surface area (Å²) in [5.74, 6) is 0.397. The van der Waals surface area contributed by atoms with Gasteiger partial charge in [-0.05, 0) is 55.3 Å². The highest BCUT2D eigenvalue weighted by atomic mass is 16.3. The van der Waals surface area contributed by atoms with E-state index in [0.717, 1.165) is 25.2 Å². The van der Waals surface area contributed by atoms with Crippen LogP contribution in [-0.2, 0) is 13.0 Å². The van der Waals surface area contributed by atoms with E-state index in [1.807, 2.05) is 6.07 Å². The van der Waals surface area contributed by atoms with Crippen LogP contribution in [0.25, 0.3) is 16.7 Å². The fraction of sp³-hybridized carbons (Fsp3) is 0.238. The lowest BCUT2D eigenvalue weighted by Crippen LogP contribution is -2.23. The van der Waals surface area contributed by atoms with Crippen LogP contribution in [0.5, 0.6) is 0 Å². The molecule has 3 aromatic heterocycles. The molecule has 30 heavy (non-hydrogen) atoms. The van der Waals surface area contributed by atoms with Crippen LogP contribution in [0.2, 0.25) is 0 Å². The SMILES string of the molecule is CC(O)c1cc(-n2[nH]c(=O)c3cnc(Nc4ccc5c(c4)CCNC5)nc32)ccn1. The first-order valence-electron chi connectivity index (χ1n) is 9.80. The average Bonchev–Trinajstić information content (AvgIpc) is 3.09. The Labute approximate surface area is 171 Å². The molecule has 0 fully saturated rings. The molecule has 0 spiro atoms. The van der Waals surface area contributed by atoms with Gasteiger partial charge in [0, 0.05) is 24.6 Å². The molecule has 1 aliphatic rings. The molecule has 4 aromatic rings. The molecule has 0 saturated heterocycles. The number of H-pyrrole nitrogens is 1. The third-order valence-electron chi connectivity index (χ3n) is 5.24. The minimum atomic E-state index is -0.718. The summed E-state index contributed by atoms with van der Waals surface area (Å²) in [7, 11) is 0. The average molecular weight is 403 g/mol. The number of aromatic nitrogens is 5.